The summed E-state index contributed by atoms with van der Waals surface area (Å²) in [4.78, 5) is 6.71. The Morgan fingerprint density at radius 3 is 1.74 bits per heavy atom. The molecule has 3 heteroatoms. The van der Waals surface area contributed by atoms with Crippen LogP contribution in [0, 0.1) is 6.92 Å². The molecule has 0 N–H and O–H groups in total. The Bertz CT molecular complexity index is 816. The van der Waals surface area contributed by atoms with Crippen LogP contribution in [0.4, 0.5) is 0 Å². The van der Waals surface area contributed by atoms with E-state index in [0.717, 1.165) is 0 Å². The summed E-state index contributed by atoms with van der Waals surface area (Å²) in [5.74, 6) is 0. The summed E-state index contributed by atoms with van der Waals surface area (Å²) < 4.78 is 0. The number of thioether (sulfide) groups is 1. The SMILES string of the molecule is CSc1ccccc1C1CCCN1C(C)C.Cc1ccccc1C1CCCN1C(C)C. The molecule has 170 valence electrons. The topological polar surface area (TPSA) is 6.48 Å². The molecule has 2 heterocycles. The summed E-state index contributed by atoms with van der Waals surface area (Å²) in [5, 5.41) is 0. The Morgan fingerprint density at radius 1 is 0.742 bits per heavy atom. The zero-order valence-electron chi connectivity index (χ0n) is 20.5. The molecule has 0 bridgehead atoms. The second kappa shape index (κ2) is 11.5. The highest BCUT2D eigenvalue weighted by Gasteiger charge is 2.29. The van der Waals surface area contributed by atoms with Crippen LogP contribution in [0.15, 0.2) is 53.4 Å². The summed E-state index contributed by atoms with van der Waals surface area (Å²) >= 11 is 1.87. The molecular weight excluding hydrogens is 396 g/mol. The van der Waals surface area contributed by atoms with Gasteiger partial charge in [-0.2, -0.15) is 0 Å². The van der Waals surface area contributed by atoms with E-state index < -0.39 is 0 Å². The van der Waals surface area contributed by atoms with Crippen molar-refractivity contribution in [2.45, 2.75) is 89.4 Å². The Kier molecular flexibility index (Phi) is 9.06. The highest BCUT2D eigenvalue weighted by atomic mass is 32.2. The Hall–Kier alpha value is -1.29. The maximum Gasteiger partial charge on any atom is 0.0362 e. The van der Waals surface area contributed by atoms with Crippen molar-refractivity contribution in [1.82, 2.24) is 9.80 Å². The van der Waals surface area contributed by atoms with Gasteiger partial charge in [0.05, 0.1) is 0 Å². The van der Waals surface area contributed by atoms with Crippen LogP contribution in [-0.2, 0) is 0 Å². The maximum absolute atomic E-state index is 2.63. The fourth-order valence-corrected chi connectivity index (χ4v) is 6.04. The molecule has 2 unspecified atom stereocenters. The predicted molar refractivity (Wildman–Crippen MR) is 137 cm³/mol. The average molecular weight is 439 g/mol. The molecule has 4 rings (SSSR count). The lowest BCUT2D eigenvalue weighted by atomic mass is 9.99. The molecule has 0 aliphatic carbocycles. The smallest absolute Gasteiger partial charge is 0.0362 e. The molecular formula is C28H42N2S. The van der Waals surface area contributed by atoms with Gasteiger partial charge in [-0.25, -0.2) is 0 Å². The lowest BCUT2D eigenvalue weighted by molar-refractivity contribution is 0.203. The standard InChI is InChI=1S/C14H21NS.C14H21N/c1-11(2)15-10-6-8-13(15)12-7-4-5-9-14(12)16-3;1-11(2)15-10-6-9-14(15)13-8-5-4-7-12(13)3/h4-5,7,9,11,13H,6,8,10H2,1-3H3;4-5,7-8,11,14H,6,9-10H2,1-3H3. The van der Waals surface area contributed by atoms with E-state index in [1.54, 1.807) is 0 Å². The number of aryl methyl sites for hydroxylation is 1. The molecule has 0 radical (unpaired) electrons. The number of hydrogen-bond donors (Lipinski definition) is 0. The van der Waals surface area contributed by atoms with Crippen molar-refractivity contribution < 1.29 is 0 Å². The highest BCUT2D eigenvalue weighted by Crippen LogP contribution is 2.38. The van der Waals surface area contributed by atoms with Gasteiger partial charge in [-0.1, -0.05) is 42.5 Å². The van der Waals surface area contributed by atoms with E-state index in [1.807, 2.05) is 11.8 Å². The van der Waals surface area contributed by atoms with Crippen LogP contribution in [0.2, 0.25) is 0 Å². The lowest BCUT2D eigenvalue weighted by Crippen LogP contribution is -2.30. The van der Waals surface area contributed by atoms with Gasteiger partial charge in [0.2, 0.25) is 0 Å². The van der Waals surface area contributed by atoms with E-state index in [9.17, 15) is 0 Å². The summed E-state index contributed by atoms with van der Waals surface area (Å²) in [6.07, 6.45) is 7.50. The van der Waals surface area contributed by atoms with Crippen LogP contribution in [0.25, 0.3) is 0 Å². The van der Waals surface area contributed by atoms with Crippen molar-refractivity contribution in [2.75, 3.05) is 19.3 Å². The fourth-order valence-electron chi connectivity index (χ4n) is 5.38. The van der Waals surface area contributed by atoms with Gasteiger partial charge in [-0.3, -0.25) is 9.80 Å². The van der Waals surface area contributed by atoms with Gasteiger partial charge in [-0.05, 0) is 102 Å². The van der Waals surface area contributed by atoms with Gasteiger partial charge in [0.15, 0.2) is 0 Å². The van der Waals surface area contributed by atoms with E-state index in [1.165, 1.54) is 60.4 Å². The molecule has 0 spiro atoms. The highest BCUT2D eigenvalue weighted by molar-refractivity contribution is 7.98. The first-order valence-electron chi connectivity index (χ1n) is 12.1. The summed E-state index contributed by atoms with van der Waals surface area (Å²) in [6.45, 7) is 14.0. The molecule has 2 aliphatic heterocycles. The first-order chi connectivity index (χ1) is 14.9. The zero-order chi connectivity index (χ0) is 22.4. The monoisotopic (exact) mass is 438 g/mol. The largest absolute Gasteiger partial charge is 0.294 e. The van der Waals surface area contributed by atoms with Crippen molar-refractivity contribution in [3.8, 4) is 0 Å². The van der Waals surface area contributed by atoms with Gasteiger partial charge in [0, 0.05) is 29.1 Å². The predicted octanol–water partition coefficient (Wildman–Crippen LogP) is 7.49. The van der Waals surface area contributed by atoms with Gasteiger partial charge in [0.25, 0.3) is 0 Å². The van der Waals surface area contributed by atoms with E-state index >= 15 is 0 Å². The van der Waals surface area contributed by atoms with Gasteiger partial charge < -0.3 is 0 Å². The fraction of sp³-hybridized carbons (Fsp3) is 0.571. The van der Waals surface area contributed by atoms with Crippen molar-refractivity contribution in [3.63, 3.8) is 0 Å². The first kappa shape index (κ1) is 24.4. The molecule has 2 aromatic carbocycles. The molecule has 0 saturated carbocycles. The summed E-state index contributed by atoms with van der Waals surface area (Å²) in [6, 6.07) is 20.3. The van der Waals surface area contributed by atoms with E-state index in [2.05, 4.69) is 99.2 Å². The molecule has 2 fully saturated rings. The molecule has 2 aromatic rings. The second-order valence-corrected chi connectivity index (χ2v) is 10.4. The van der Waals surface area contributed by atoms with Crippen molar-refractivity contribution in [3.05, 3.63) is 65.2 Å². The van der Waals surface area contributed by atoms with Gasteiger partial charge >= 0.3 is 0 Å². The zero-order valence-corrected chi connectivity index (χ0v) is 21.3. The van der Waals surface area contributed by atoms with Crippen molar-refractivity contribution >= 4 is 11.8 Å². The average Bonchev–Trinajstić information content (AvgIpc) is 3.44. The minimum absolute atomic E-state index is 0.642. The van der Waals surface area contributed by atoms with E-state index in [-0.39, 0.29) is 0 Å². The minimum Gasteiger partial charge on any atom is -0.294 e. The number of likely N-dealkylation sites (tertiary alicyclic amines) is 2. The van der Waals surface area contributed by atoms with Crippen LogP contribution in [-0.4, -0.2) is 41.2 Å². The Labute approximate surface area is 195 Å². The quantitative estimate of drug-likeness (QED) is 0.446. The van der Waals surface area contributed by atoms with Crippen molar-refractivity contribution in [2.24, 2.45) is 0 Å². The number of hydrogen-bond acceptors (Lipinski definition) is 3. The van der Waals surface area contributed by atoms with Crippen LogP contribution in [0.3, 0.4) is 0 Å². The molecule has 2 saturated heterocycles. The number of rotatable bonds is 5. The second-order valence-electron chi connectivity index (χ2n) is 9.58. The van der Waals surface area contributed by atoms with Gasteiger partial charge in [-0.15, -0.1) is 11.8 Å². The Morgan fingerprint density at radius 2 is 1.23 bits per heavy atom. The third-order valence-corrected chi connectivity index (χ3v) is 7.77. The van der Waals surface area contributed by atoms with E-state index in [4.69, 9.17) is 0 Å². The van der Waals surface area contributed by atoms with Gasteiger partial charge in [0.1, 0.15) is 0 Å². The molecule has 31 heavy (non-hydrogen) atoms. The number of benzene rings is 2. The summed E-state index contributed by atoms with van der Waals surface area (Å²) in [7, 11) is 0. The molecule has 2 atom stereocenters. The van der Waals surface area contributed by atoms with Crippen LogP contribution < -0.4 is 0 Å². The third-order valence-electron chi connectivity index (χ3n) is 6.96. The first-order valence-corrected chi connectivity index (χ1v) is 13.4. The number of nitrogens with zero attached hydrogens (tertiary/aromatic N) is 2. The maximum atomic E-state index is 2.63. The lowest BCUT2D eigenvalue weighted by Gasteiger charge is -2.29. The third kappa shape index (κ3) is 5.94. The van der Waals surface area contributed by atoms with Crippen LogP contribution in [0.1, 0.15) is 82.2 Å². The molecule has 0 aromatic heterocycles. The Balaban J connectivity index is 0.000000176. The van der Waals surface area contributed by atoms with Crippen LogP contribution in [0.5, 0.6) is 0 Å². The minimum atomic E-state index is 0.642. The summed E-state index contributed by atoms with van der Waals surface area (Å²) in [5.41, 5.74) is 4.50. The van der Waals surface area contributed by atoms with Crippen molar-refractivity contribution in [1.29, 1.82) is 0 Å². The van der Waals surface area contributed by atoms with E-state index in [0.29, 0.717) is 24.2 Å². The molecule has 0 amide bonds. The van der Waals surface area contributed by atoms with Crippen LogP contribution >= 0.6 is 11.8 Å². The normalized spacial score (nSPS) is 22.2. The molecule has 2 aliphatic rings. The molecule has 2 nitrogen and oxygen atoms in total.